The number of nitrogens with one attached hydrogen (secondary N) is 3. The Labute approximate surface area is 290 Å². The molecule has 3 aromatic carbocycles. The van der Waals surface area contributed by atoms with Crippen LogP contribution in [0, 0.1) is 17.7 Å². The van der Waals surface area contributed by atoms with E-state index in [4.69, 9.17) is 9.47 Å². The number of halogens is 1. The maximum Gasteiger partial charge on any atom is 0.407 e. The smallest absolute Gasteiger partial charge is 0.407 e. The van der Waals surface area contributed by atoms with Crippen molar-refractivity contribution in [1.29, 1.82) is 0 Å². The lowest BCUT2D eigenvalue weighted by molar-refractivity contribution is -0.131. The summed E-state index contributed by atoms with van der Waals surface area (Å²) in [6, 6.07) is 16.7. The number of carbonyl (C=O) groups is 2. The third-order valence-electron chi connectivity index (χ3n) is 10.9. The van der Waals surface area contributed by atoms with Gasteiger partial charge in [-0.2, -0.15) is 0 Å². The van der Waals surface area contributed by atoms with Crippen LogP contribution in [0.2, 0.25) is 0 Å². The summed E-state index contributed by atoms with van der Waals surface area (Å²) in [4.78, 5) is 30.6. The van der Waals surface area contributed by atoms with Crippen LogP contribution < -0.4 is 20.9 Å². The number of anilines is 1. The van der Waals surface area contributed by atoms with E-state index in [2.05, 4.69) is 33.0 Å². The zero-order valence-electron chi connectivity index (χ0n) is 28.3. The maximum atomic E-state index is 13.7. The average molecular weight is 692 g/mol. The second-order valence-electron chi connectivity index (χ2n) is 14.4. The van der Waals surface area contributed by atoms with E-state index in [-0.39, 0.29) is 42.6 Å². The van der Waals surface area contributed by atoms with Crippen LogP contribution in [-0.4, -0.2) is 85.4 Å². The van der Waals surface area contributed by atoms with E-state index in [1.807, 2.05) is 38.4 Å². The minimum Gasteiger partial charge on any atom is -0.610 e. The molecule has 4 fully saturated rings. The van der Waals surface area contributed by atoms with Gasteiger partial charge in [0.05, 0.1) is 19.8 Å². The molecule has 12 heteroatoms. The van der Waals surface area contributed by atoms with Crippen LogP contribution in [0.4, 0.5) is 14.9 Å². The van der Waals surface area contributed by atoms with Crippen molar-refractivity contribution < 1.29 is 28.0 Å². The standard InChI is InChI=1S/C37H46FN5O5S/c1-42(2)32-7-3-6-31-30(32)5-4-8-33(31)49(46)24-39-11-12-47-13-14-48-35(45)41-36-17-25-15-28(19-36)37(18-25,23-36)40-20-34(44)43-21-26-9-10-29(38)16-27(26)22-43/h3-10,16,25,28,39-40H,11-15,17-24H2,1-2H3,(H,41,45). The van der Waals surface area contributed by atoms with Crippen molar-refractivity contribution in [2.45, 2.75) is 61.2 Å². The molecule has 3 aromatic rings. The van der Waals surface area contributed by atoms with Gasteiger partial charge in [0.15, 0.2) is 10.8 Å². The van der Waals surface area contributed by atoms with Gasteiger partial charge in [-0.1, -0.05) is 24.3 Å². The van der Waals surface area contributed by atoms with Gasteiger partial charge in [0, 0.05) is 72.4 Å². The predicted molar refractivity (Wildman–Crippen MR) is 187 cm³/mol. The Kier molecular flexibility index (Phi) is 9.77. The summed E-state index contributed by atoms with van der Waals surface area (Å²) in [6.07, 6.45) is 4.30. The van der Waals surface area contributed by atoms with Crippen molar-refractivity contribution in [3.8, 4) is 0 Å². The van der Waals surface area contributed by atoms with Crippen molar-refractivity contribution >= 4 is 39.6 Å². The van der Waals surface area contributed by atoms with E-state index in [0.717, 1.165) is 64.6 Å². The third-order valence-corrected chi connectivity index (χ3v) is 12.2. The molecule has 0 saturated heterocycles. The Balaban J connectivity index is 0.801. The molecule has 4 saturated carbocycles. The molecule has 0 radical (unpaired) electrons. The number of fused-ring (bicyclic) bond motifs is 2. The SMILES string of the molecule is CN(C)c1cccc2c([S+]([O-])CNCCOCCOC(=O)NC34CC5CC(C3)C(NCC(=O)N3Cc6ccc(F)cc6C3)(C5)C4)cccc12. The fraction of sp³-hybridized carbons (Fsp3) is 0.514. The lowest BCUT2D eigenvalue weighted by atomic mass is 9.74. The van der Waals surface area contributed by atoms with Crippen LogP contribution in [0.25, 0.3) is 10.8 Å². The molecule has 262 valence electrons. The van der Waals surface area contributed by atoms with Gasteiger partial charge in [-0.3, -0.25) is 10.1 Å². The van der Waals surface area contributed by atoms with Gasteiger partial charge < -0.3 is 34.5 Å². The molecule has 4 bridgehead atoms. The zero-order valence-corrected chi connectivity index (χ0v) is 29.1. The summed E-state index contributed by atoms with van der Waals surface area (Å²) >= 11 is -1.21. The molecule has 2 amide bonds. The Morgan fingerprint density at radius 3 is 2.69 bits per heavy atom. The number of carbonyl (C=O) groups excluding carboxylic acids is 2. The first-order chi connectivity index (χ1) is 23.6. The molecule has 1 heterocycles. The average Bonchev–Trinajstić information content (AvgIpc) is 3.67. The van der Waals surface area contributed by atoms with Crippen LogP contribution in [0.5, 0.6) is 0 Å². The monoisotopic (exact) mass is 691 g/mol. The fourth-order valence-electron chi connectivity index (χ4n) is 9.02. The normalized spacial score (nSPS) is 25.5. The number of benzene rings is 3. The molecule has 0 spiro atoms. The highest BCUT2D eigenvalue weighted by Gasteiger charge is 2.64. The van der Waals surface area contributed by atoms with Gasteiger partial charge in [-0.15, -0.1) is 0 Å². The first-order valence-corrected chi connectivity index (χ1v) is 18.6. The highest BCUT2D eigenvalue weighted by molar-refractivity contribution is 7.91. The molecular weight excluding hydrogens is 646 g/mol. The first kappa shape index (κ1) is 34.0. The summed E-state index contributed by atoms with van der Waals surface area (Å²) in [6.45, 7) is 2.54. The van der Waals surface area contributed by atoms with E-state index >= 15 is 0 Å². The molecule has 0 aromatic heterocycles. The first-order valence-electron chi connectivity index (χ1n) is 17.2. The zero-order chi connectivity index (χ0) is 34.2. The molecule has 5 unspecified atom stereocenters. The Morgan fingerprint density at radius 2 is 1.84 bits per heavy atom. The molecule has 4 aliphatic carbocycles. The third kappa shape index (κ3) is 7.12. The van der Waals surface area contributed by atoms with Gasteiger partial charge >= 0.3 is 6.09 Å². The Hall–Kier alpha value is -3.42. The maximum absolute atomic E-state index is 13.7. The summed E-state index contributed by atoms with van der Waals surface area (Å²) in [5, 5.41) is 12.1. The van der Waals surface area contributed by atoms with E-state index in [9.17, 15) is 18.5 Å². The van der Waals surface area contributed by atoms with Crippen molar-refractivity contribution in [2.75, 3.05) is 57.8 Å². The minimum atomic E-state index is -1.21. The van der Waals surface area contributed by atoms with Crippen molar-refractivity contribution in [2.24, 2.45) is 11.8 Å². The Morgan fingerprint density at radius 1 is 1.02 bits per heavy atom. The van der Waals surface area contributed by atoms with E-state index < -0.39 is 17.3 Å². The number of alkyl carbamates (subject to hydrolysis) is 1. The molecule has 5 aliphatic rings. The van der Waals surface area contributed by atoms with Crippen LogP contribution in [-0.2, 0) is 38.5 Å². The van der Waals surface area contributed by atoms with Crippen LogP contribution in [0.1, 0.15) is 43.2 Å². The topological polar surface area (TPSA) is 118 Å². The molecular formula is C37H46FN5O5S. The molecule has 8 rings (SSSR count). The van der Waals surface area contributed by atoms with Gasteiger partial charge in [0.2, 0.25) is 5.91 Å². The molecule has 3 N–H and O–H groups in total. The molecule has 1 aliphatic heterocycles. The Bertz CT molecular complexity index is 1710. The van der Waals surface area contributed by atoms with Gasteiger partial charge in [-0.25, -0.2) is 9.18 Å². The largest absolute Gasteiger partial charge is 0.610 e. The lowest BCUT2D eigenvalue weighted by Crippen LogP contribution is -2.56. The molecule has 5 atom stereocenters. The van der Waals surface area contributed by atoms with Crippen molar-refractivity contribution in [3.05, 3.63) is 71.5 Å². The number of rotatable bonds is 14. The summed E-state index contributed by atoms with van der Waals surface area (Å²) < 4.78 is 37.9. The number of ether oxygens (including phenoxy) is 2. The predicted octanol–water partition coefficient (Wildman–Crippen LogP) is 4.28. The van der Waals surface area contributed by atoms with Crippen LogP contribution >= 0.6 is 0 Å². The lowest BCUT2D eigenvalue weighted by Gasteiger charge is -2.41. The quantitative estimate of drug-likeness (QED) is 0.170. The number of hydrogen-bond donors (Lipinski definition) is 3. The second-order valence-corrected chi connectivity index (χ2v) is 15.8. The van der Waals surface area contributed by atoms with E-state index in [1.54, 1.807) is 11.0 Å². The van der Waals surface area contributed by atoms with Crippen molar-refractivity contribution in [1.82, 2.24) is 20.9 Å². The number of nitrogens with zero attached hydrogens (tertiary/aromatic N) is 2. The summed E-state index contributed by atoms with van der Waals surface area (Å²) in [5.74, 6) is 0.978. The number of amides is 2. The van der Waals surface area contributed by atoms with Crippen LogP contribution in [0.3, 0.4) is 0 Å². The molecule has 10 nitrogen and oxygen atoms in total. The van der Waals surface area contributed by atoms with Gasteiger partial charge in [0.25, 0.3) is 0 Å². The summed E-state index contributed by atoms with van der Waals surface area (Å²) in [5.41, 5.74) is 2.49. The number of hydrogen-bond acceptors (Lipinski definition) is 8. The van der Waals surface area contributed by atoms with Crippen LogP contribution in [0.15, 0.2) is 59.5 Å². The van der Waals surface area contributed by atoms with Crippen molar-refractivity contribution in [3.63, 3.8) is 0 Å². The molecule has 49 heavy (non-hydrogen) atoms. The van der Waals surface area contributed by atoms with E-state index in [0.29, 0.717) is 44.0 Å². The van der Waals surface area contributed by atoms with Gasteiger partial charge in [-0.05, 0) is 85.4 Å². The highest BCUT2D eigenvalue weighted by Crippen LogP contribution is 2.62. The summed E-state index contributed by atoms with van der Waals surface area (Å²) in [7, 11) is 4.00. The minimum absolute atomic E-state index is 0.0191. The highest BCUT2D eigenvalue weighted by atomic mass is 32.2. The fourth-order valence-corrected chi connectivity index (χ4v) is 10.2. The van der Waals surface area contributed by atoms with E-state index in [1.165, 1.54) is 12.1 Å². The second kappa shape index (κ2) is 14.1. The van der Waals surface area contributed by atoms with Gasteiger partial charge in [0.1, 0.15) is 12.4 Å².